The summed E-state index contributed by atoms with van der Waals surface area (Å²) in [5.41, 5.74) is 1.64. The van der Waals surface area contributed by atoms with Gasteiger partial charge in [0.05, 0.1) is 18.1 Å². The number of halogens is 1. The zero-order chi connectivity index (χ0) is 13.6. The molecule has 3 nitrogen and oxygen atoms in total. The fourth-order valence-corrected chi connectivity index (χ4v) is 2.88. The summed E-state index contributed by atoms with van der Waals surface area (Å²) in [6.45, 7) is 3.12. The summed E-state index contributed by atoms with van der Waals surface area (Å²) < 4.78 is 21.4. The smallest absolute Gasteiger partial charge is 0.178 e. The molecule has 5 heteroatoms. The Morgan fingerprint density at radius 3 is 2.89 bits per heavy atom. The second-order valence-corrected chi connectivity index (χ2v) is 5.75. The van der Waals surface area contributed by atoms with Crippen molar-refractivity contribution < 1.29 is 9.13 Å². The minimum Gasteiger partial charge on any atom is -0.494 e. The Morgan fingerprint density at radius 2 is 2.26 bits per heavy atom. The van der Waals surface area contributed by atoms with Gasteiger partial charge in [-0.1, -0.05) is 6.92 Å². The molecule has 0 saturated heterocycles. The Balaban J connectivity index is 2.06. The molecule has 0 spiro atoms. The molecule has 19 heavy (non-hydrogen) atoms. The van der Waals surface area contributed by atoms with Gasteiger partial charge in [0.15, 0.2) is 16.3 Å². The summed E-state index contributed by atoms with van der Waals surface area (Å²) >= 11 is 5.35. The lowest BCUT2D eigenvalue weighted by atomic mass is 10.1. The fourth-order valence-electron chi connectivity index (χ4n) is 2.60. The van der Waals surface area contributed by atoms with Gasteiger partial charge >= 0.3 is 0 Å². The molecule has 0 amide bonds. The molecule has 1 fully saturated rings. The van der Waals surface area contributed by atoms with Crippen LogP contribution in [-0.2, 0) is 6.54 Å². The SMILES string of the molecule is COc1cc2c(cc1F)[nH]c(=S)n2CC(C)C1CC1. The molecule has 1 atom stereocenters. The van der Waals surface area contributed by atoms with E-state index in [4.69, 9.17) is 17.0 Å². The Bertz CT molecular complexity index is 672. The molecule has 3 rings (SSSR count). The van der Waals surface area contributed by atoms with Gasteiger partial charge in [0, 0.05) is 18.7 Å². The molecule has 0 aliphatic heterocycles. The van der Waals surface area contributed by atoms with Crippen LogP contribution < -0.4 is 4.74 Å². The summed E-state index contributed by atoms with van der Waals surface area (Å²) in [4.78, 5) is 3.07. The van der Waals surface area contributed by atoms with Crippen LogP contribution in [0.25, 0.3) is 11.0 Å². The topological polar surface area (TPSA) is 29.9 Å². The van der Waals surface area contributed by atoms with Gasteiger partial charge < -0.3 is 14.3 Å². The van der Waals surface area contributed by atoms with E-state index in [1.807, 2.05) is 0 Å². The van der Waals surface area contributed by atoms with Crippen LogP contribution in [-0.4, -0.2) is 16.7 Å². The summed E-state index contributed by atoms with van der Waals surface area (Å²) in [7, 11) is 1.47. The third-order valence-electron chi connectivity index (χ3n) is 3.94. The van der Waals surface area contributed by atoms with Crippen molar-refractivity contribution in [2.45, 2.75) is 26.3 Å². The van der Waals surface area contributed by atoms with E-state index >= 15 is 0 Å². The number of H-pyrrole nitrogens is 1. The van der Waals surface area contributed by atoms with Crippen LogP contribution in [0, 0.1) is 22.4 Å². The van der Waals surface area contributed by atoms with E-state index in [2.05, 4.69) is 16.5 Å². The van der Waals surface area contributed by atoms with Crippen molar-refractivity contribution in [1.82, 2.24) is 9.55 Å². The molecule has 1 aromatic heterocycles. The molecule has 1 aromatic carbocycles. The van der Waals surface area contributed by atoms with E-state index in [1.165, 1.54) is 26.0 Å². The van der Waals surface area contributed by atoms with Crippen molar-refractivity contribution in [3.63, 3.8) is 0 Å². The second-order valence-electron chi connectivity index (χ2n) is 5.36. The zero-order valence-electron chi connectivity index (χ0n) is 11.1. The van der Waals surface area contributed by atoms with Gasteiger partial charge in [-0.2, -0.15) is 0 Å². The van der Waals surface area contributed by atoms with Gasteiger partial charge in [0.1, 0.15) is 0 Å². The first-order valence-electron chi connectivity index (χ1n) is 6.56. The molecule has 1 aliphatic carbocycles. The van der Waals surface area contributed by atoms with Crippen LogP contribution in [0.2, 0.25) is 0 Å². The van der Waals surface area contributed by atoms with Crippen LogP contribution in [0.5, 0.6) is 5.75 Å². The first-order chi connectivity index (χ1) is 9.10. The lowest BCUT2D eigenvalue weighted by Gasteiger charge is -2.12. The quantitative estimate of drug-likeness (QED) is 0.861. The number of ether oxygens (including phenoxy) is 1. The van der Waals surface area contributed by atoms with Crippen LogP contribution in [0.4, 0.5) is 4.39 Å². The maximum Gasteiger partial charge on any atom is 0.178 e. The number of nitrogens with zero attached hydrogens (tertiary/aromatic N) is 1. The number of aromatic nitrogens is 2. The molecule has 1 unspecified atom stereocenters. The van der Waals surface area contributed by atoms with Crippen molar-refractivity contribution >= 4 is 23.3 Å². The van der Waals surface area contributed by atoms with Crippen molar-refractivity contribution in [1.29, 1.82) is 0 Å². The molecule has 1 heterocycles. The number of nitrogens with one attached hydrogen (secondary N) is 1. The van der Waals surface area contributed by atoms with Gasteiger partial charge in [0.2, 0.25) is 0 Å². The van der Waals surface area contributed by atoms with Crippen LogP contribution >= 0.6 is 12.2 Å². The summed E-state index contributed by atoms with van der Waals surface area (Å²) in [5, 5.41) is 0. The largest absolute Gasteiger partial charge is 0.494 e. The summed E-state index contributed by atoms with van der Waals surface area (Å²) in [6.07, 6.45) is 2.63. The number of fused-ring (bicyclic) bond motifs is 1. The Kier molecular flexibility index (Phi) is 3.09. The number of benzene rings is 1. The van der Waals surface area contributed by atoms with Gasteiger partial charge in [-0.05, 0) is 36.9 Å². The van der Waals surface area contributed by atoms with Gasteiger partial charge in [0.25, 0.3) is 0 Å². The minimum atomic E-state index is -0.367. The summed E-state index contributed by atoms with van der Waals surface area (Å²) in [6, 6.07) is 3.17. The van der Waals surface area contributed by atoms with Gasteiger partial charge in [-0.25, -0.2) is 4.39 Å². The second kappa shape index (κ2) is 4.63. The summed E-state index contributed by atoms with van der Waals surface area (Å²) in [5.74, 6) is 1.30. The lowest BCUT2D eigenvalue weighted by molar-refractivity contribution is 0.387. The third kappa shape index (κ3) is 2.27. The average molecular weight is 280 g/mol. The highest BCUT2D eigenvalue weighted by atomic mass is 32.1. The third-order valence-corrected chi connectivity index (χ3v) is 4.27. The average Bonchev–Trinajstić information content (AvgIpc) is 3.17. The number of aromatic amines is 1. The van der Waals surface area contributed by atoms with E-state index in [9.17, 15) is 4.39 Å². The first kappa shape index (κ1) is 12.7. The molecule has 0 radical (unpaired) electrons. The van der Waals surface area contributed by atoms with E-state index in [0.717, 1.165) is 23.5 Å². The number of hydrogen-bond acceptors (Lipinski definition) is 2. The maximum atomic E-state index is 13.7. The van der Waals surface area contributed by atoms with Crippen molar-refractivity contribution in [3.05, 3.63) is 22.7 Å². The number of hydrogen-bond donors (Lipinski definition) is 1. The van der Waals surface area contributed by atoms with E-state index < -0.39 is 0 Å². The Labute approximate surface area is 116 Å². The predicted octanol–water partition coefficient (Wildman–Crippen LogP) is 3.89. The first-order valence-corrected chi connectivity index (χ1v) is 6.97. The van der Waals surface area contributed by atoms with Crippen LogP contribution in [0.1, 0.15) is 19.8 Å². The number of imidazole rings is 1. The normalized spacial score (nSPS) is 16.8. The highest BCUT2D eigenvalue weighted by molar-refractivity contribution is 7.71. The van der Waals surface area contributed by atoms with E-state index in [-0.39, 0.29) is 11.6 Å². The van der Waals surface area contributed by atoms with Crippen LogP contribution in [0.3, 0.4) is 0 Å². The predicted molar refractivity (Wildman–Crippen MR) is 75.5 cm³/mol. The molecular formula is C14H17FN2OS. The molecule has 1 N–H and O–H groups in total. The molecule has 1 aliphatic rings. The Morgan fingerprint density at radius 1 is 1.53 bits per heavy atom. The number of rotatable bonds is 4. The van der Waals surface area contributed by atoms with Gasteiger partial charge in [-0.15, -0.1) is 0 Å². The molecule has 1 saturated carbocycles. The van der Waals surface area contributed by atoms with Crippen molar-refractivity contribution in [2.24, 2.45) is 11.8 Å². The van der Waals surface area contributed by atoms with Crippen molar-refractivity contribution in [2.75, 3.05) is 7.11 Å². The Hall–Kier alpha value is -1.36. The molecular weight excluding hydrogens is 263 g/mol. The minimum absolute atomic E-state index is 0.259. The molecule has 102 valence electrons. The highest BCUT2D eigenvalue weighted by Gasteiger charge is 2.28. The van der Waals surface area contributed by atoms with Crippen LogP contribution in [0.15, 0.2) is 12.1 Å². The van der Waals surface area contributed by atoms with E-state index in [0.29, 0.717) is 10.7 Å². The molecule has 2 aromatic rings. The molecule has 0 bridgehead atoms. The highest BCUT2D eigenvalue weighted by Crippen LogP contribution is 2.38. The number of methoxy groups -OCH3 is 1. The monoisotopic (exact) mass is 280 g/mol. The van der Waals surface area contributed by atoms with Crippen molar-refractivity contribution in [3.8, 4) is 5.75 Å². The standard InChI is InChI=1S/C14H17FN2OS/c1-8(9-3-4-9)7-17-12-6-13(18-2)10(15)5-11(12)16-14(17)19/h5-6,8-9H,3-4,7H2,1-2H3,(H,16,19). The van der Waals surface area contributed by atoms with E-state index in [1.54, 1.807) is 6.07 Å². The lowest BCUT2D eigenvalue weighted by Crippen LogP contribution is -2.09. The van der Waals surface area contributed by atoms with Gasteiger partial charge in [-0.3, -0.25) is 0 Å². The maximum absolute atomic E-state index is 13.7. The zero-order valence-corrected chi connectivity index (χ0v) is 11.9. The fraction of sp³-hybridized carbons (Fsp3) is 0.500.